The van der Waals surface area contributed by atoms with E-state index < -0.39 is 0 Å². The van der Waals surface area contributed by atoms with Gasteiger partial charge in [0.1, 0.15) is 0 Å². The third-order valence-corrected chi connectivity index (χ3v) is 5.12. The van der Waals surface area contributed by atoms with Crippen LogP contribution >= 0.6 is 11.8 Å². The molecule has 1 fully saturated rings. The van der Waals surface area contributed by atoms with Crippen molar-refractivity contribution in [1.82, 2.24) is 20.1 Å². The number of aromatic amines is 1. The molecule has 1 aromatic carbocycles. The number of carbonyl (C=O) groups is 1. The van der Waals surface area contributed by atoms with E-state index in [1.165, 1.54) is 11.8 Å². The predicted molar refractivity (Wildman–Crippen MR) is 95.5 cm³/mol. The van der Waals surface area contributed by atoms with Crippen LogP contribution in [0.5, 0.6) is 0 Å². The molecule has 134 valence electrons. The van der Waals surface area contributed by atoms with Gasteiger partial charge in [0.25, 0.3) is 0 Å². The Labute approximate surface area is 150 Å². The Kier molecular flexibility index (Phi) is 5.93. The van der Waals surface area contributed by atoms with Crippen molar-refractivity contribution in [2.45, 2.75) is 43.6 Å². The van der Waals surface area contributed by atoms with Crippen LogP contribution in [0.15, 0.2) is 40.3 Å². The van der Waals surface area contributed by atoms with Gasteiger partial charge in [-0.2, -0.15) is 0 Å². The van der Waals surface area contributed by atoms with Gasteiger partial charge in [-0.1, -0.05) is 42.1 Å². The van der Waals surface area contributed by atoms with E-state index in [2.05, 4.69) is 15.5 Å². The maximum absolute atomic E-state index is 12.2. The molecule has 0 bridgehead atoms. The van der Waals surface area contributed by atoms with E-state index in [-0.39, 0.29) is 29.5 Å². The van der Waals surface area contributed by atoms with E-state index in [1.807, 2.05) is 37.3 Å². The molecule has 1 aliphatic heterocycles. The van der Waals surface area contributed by atoms with Crippen molar-refractivity contribution in [2.24, 2.45) is 0 Å². The number of ether oxygens (including phenoxy) is 1. The minimum Gasteiger partial charge on any atom is -0.376 e. The standard InChI is InChI=1S/C17H22N4O3S/c1-12(13-6-3-2-4-7-13)18-15(22)11-25-17-20-19-16(23)21(17)10-14-8-5-9-24-14/h2-4,6-7,12,14H,5,8-11H2,1H3,(H,18,22)(H,19,23)/t12-,14-/m0/s1. The summed E-state index contributed by atoms with van der Waals surface area (Å²) in [6.45, 7) is 3.15. The molecule has 0 unspecified atom stereocenters. The highest BCUT2D eigenvalue weighted by Gasteiger charge is 2.20. The lowest BCUT2D eigenvalue weighted by Crippen LogP contribution is -2.29. The molecule has 8 heteroatoms. The highest BCUT2D eigenvalue weighted by atomic mass is 32.2. The molecule has 0 aliphatic carbocycles. The van der Waals surface area contributed by atoms with Crippen LogP contribution in [0.2, 0.25) is 0 Å². The molecule has 2 N–H and O–H groups in total. The van der Waals surface area contributed by atoms with Crippen LogP contribution in [0.4, 0.5) is 0 Å². The summed E-state index contributed by atoms with van der Waals surface area (Å²) in [6.07, 6.45) is 2.00. The summed E-state index contributed by atoms with van der Waals surface area (Å²) in [5.41, 5.74) is 0.784. The van der Waals surface area contributed by atoms with Crippen molar-refractivity contribution >= 4 is 17.7 Å². The van der Waals surface area contributed by atoms with Gasteiger partial charge in [-0.25, -0.2) is 9.89 Å². The Morgan fingerprint density at radius 2 is 2.28 bits per heavy atom. The largest absolute Gasteiger partial charge is 0.376 e. The van der Waals surface area contributed by atoms with Crippen molar-refractivity contribution in [3.8, 4) is 0 Å². The summed E-state index contributed by atoms with van der Waals surface area (Å²) in [7, 11) is 0. The van der Waals surface area contributed by atoms with Gasteiger partial charge < -0.3 is 10.1 Å². The number of rotatable bonds is 7. The number of amides is 1. The van der Waals surface area contributed by atoms with Crippen molar-refractivity contribution in [3.05, 3.63) is 46.4 Å². The van der Waals surface area contributed by atoms with Gasteiger partial charge in [0.05, 0.1) is 24.4 Å². The smallest absolute Gasteiger partial charge is 0.344 e. The molecule has 0 saturated carbocycles. The van der Waals surface area contributed by atoms with Gasteiger partial charge in [0, 0.05) is 6.61 Å². The summed E-state index contributed by atoms with van der Waals surface area (Å²) in [5, 5.41) is 9.94. The first-order chi connectivity index (χ1) is 12.1. The molecule has 1 saturated heterocycles. The van der Waals surface area contributed by atoms with Crippen LogP contribution < -0.4 is 11.0 Å². The van der Waals surface area contributed by atoms with Crippen molar-refractivity contribution in [2.75, 3.05) is 12.4 Å². The Morgan fingerprint density at radius 1 is 1.48 bits per heavy atom. The zero-order chi connectivity index (χ0) is 17.6. The van der Waals surface area contributed by atoms with Crippen LogP contribution in [0.1, 0.15) is 31.4 Å². The van der Waals surface area contributed by atoms with E-state index in [1.54, 1.807) is 4.57 Å². The zero-order valence-electron chi connectivity index (χ0n) is 14.1. The highest BCUT2D eigenvalue weighted by Crippen LogP contribution is 2.18. The van der Waals surface area contributed by atoms with E-state index >= 15 is 0 Å². The van der Waals surface area contributed by atoms with Crippen LogP contribution in [0.3, 0.4) is 0 Å². The minimum atomic E-state index is -0.268. The number of aromatic nitrogens is 3. The zero-order valence-corrected chi connectivity index (χ0v) is 14.9. The molecule has 1 aliphatic rings. The Bertz CT molecular complexity index is 753. The molecule has 7 nitrogen and oxygen atoms in total. The fraction of sp³-hybridized carbons (Fsp3) is 0.471. The van der Waals surface area contributed by atoms with Crippen LogP contribution in [-0.2, 0) is 16.1 Å². The molecule has 1 amide bonds. The molecular weight excluding hydrogens is 340 g/mol. The topological polar surface area (TPSA) is 89.0 Å². The van der Waals surface area contributed by atoms with Crippen molar-refractivity contribution in [1.29, 1.82) is 0 Å². The van der Waals surface area contributed by atoms with Crippen LogP contribution in [0.25, 0.3) is 0 Å². The summed E-state index contributed by atoms with van der Waals surface area (Å²) >= 11 is 1.25. The molecule has 0 spiro atoms. The lowest BCUT2D eigenvalue weighted by Gasteiger charge is -2.14. The first-order valence-corrected chi connectivity index (χ1v) is 9.36. The van der Waals surface area contributed by atoms with E-state index in [0.29, 0.717) is 11.7 Å². The van der Waals surface area contributed by atoms with Crippen molar-refractivity contribution in [3.63, 3.8) is 0 Å². The highest BCUT2D eigenvalue weighted by molar-refractivity contribution is 7.99. The number of H-pyrrole nitrogens is 1. The summed E-state index contributed by atoms with van der Waals surface area (Å²) in [5.74, 6) is 0.105. The quantitative estimate of drug-likeness (QED) is 0.732. The SMILES string of the molecule is C[C@H](NC(=O)CSc1n[nH]c(=O)n1C[C@@H]1CCCO1)c1ccccc1. The average Bonchev–Trinajstić information content (AvgIpc) is 3.25. The van der Waals surface area contributed by atoms with Gasteiger partial charge in [0.2, 0.25) is 5.91 Å². The normalized spacial score (nSPS) is 18.2. The molecule has 1 aromatic heterocycles. The van der Waals surface area contributed by atoms with Crippen LogP contribution in [-0.4, -0.2) is 39.1 Å². The van der Waals surface area contributed by atoms with Gasteiger partial charge in [-0.15, -0.1) is 5.10 Å². The first kappa shape index (κ1) is 17.8. The van der Waals surface area contributed by atoms with E-state index in [9.17, 15) is 9.59 Å². The monoisotopic (exact) mass is 362 g/mol. The van der Waals surface area contributed by atoms with Gasteiger partial charge in [-0.3, -0.25) is 9.36 Å². The second-order valence-electron chi connectivity index (χ2n) is 6.05. The summed E-state index contributed by atoms with van der Waals surface area (Å²) < 4.78 is 7.12. The number of hydrogen-bond acceptors (Lipinski definition) is 5. The number of thioether (sulfide) groups is 1. The Morgan fingerprint density at radius 3 is 3.00 bits per heavy atom. The van der Waals surface area contributed by atoms with Gasteiger partial charge in [0.15, 0.2) is 5.16 Å². The Hall–Kier alpha value is -2.06. The van der Waals surface area contributed by atoms with E-state index in [4.69, 9.17) is 4.74 Å². The number of carbonyl (C=O) groups excluding carboxylic acids is 1. The third kappa shape index (κ3) is 4.73. The molecule has 2 atom stereocenters. The van der Waals surface area contributed by atoms with Crippen LogP contribution in [0, 0.1) is 0 Å². The van der Waals surface area contributed by atoms with Gasteiger partial charge in [-0.05, 0) is 25.3 Å². The number of hydrogen-bond donors (Lipinski definition) is 2. The molecule has 0 radical (unpaired) electrons. The maximum Gasteiger partial charge on any atom is 0.344 e. The first-order valence-electron chi connectivity index (χ1n) is 8.37. The van der Waals surface area contributed by atoms with E-state index in [0.717, 1.165) is 25.0 Å². The third-order valence-electron chi connectivity index (χ3n) is 4.14. The summed E-state index contributed by atoms with van der Waals surface area (Å²) in [6, 6.07) is 9.72. The predicted octanol–water partition coefficient (Wildman–Crippen LogP) is 1.72. The van der Waals surface area contributed by atoms with Gasteiger partial charge >= 0.3 is 5.69 Å². The molecular formula is C17H22N4O3S. The average molecular weight is 362 g/mol. The molecule has 3 rings (SSSR count). The maximum atomic E-state index is 12.2. The fourth-order valence-electron chi connectivity index (χ4n) is 2.80. The lowest BCUT2D eigenvalue weighted by molar-refractivity contribution is -0.119. The lowest BCUT2D eigenvalue weighted by atomic mass is 10.1. The summed E-state index contributed by atoms with van der Waals surface area (Å²) in [4.78, 5) is 24.1. The fourth-order valence-corrected chi connectivity index (χ4v) is 3.57. The molecule has 2 heterocycles. The van der Waals surface area contributed by atoms with Crippen molar-refractivity contribution < 1.29 is 9.53 Å². The molecule has 25 heavy (non-hydrogen) atoms. The number of nitrogens with one attached hydrogen (secondary N) is 2. The second-order valence-corrected chi connectivity index (χ2v) is 6.99. The molecule has 2 aromatic rings. The minimum absolute atomic E-state index is 0.0431. The number of nitrogens with zero attached hydrogens (tertiary/aromatic N) is 2. The number of benzene rings is 1. The Balaban J connectivity index is 1.54. The second kappa shape index (κ2) is 8.35.